The van der Waals surface area contributed by atoms with Crippen LogP contribution in [0.4, 0.5) is 0 Å². The van der Waals surface area contributed by atoms with Crippen LogP contribution >= 0.6 is 23.4 Å². The Labute approximate surface area is 191 Å². The number of rotatable bonds is 9. The third kappa shape index (κ3) is 7.35. The molecule has 0 atom stereocenters. The van der Waals surface area contributed by atoms with Crippen molar-refractivity contribution in [2.75, 3.05) is 12.9 Å². The summed E-state index contributed by atoms with van der Waals surface area (Å²) < 4.78 is 11.3. The predicted octanol–water partition coefficient (Wildman–Crippen LogP) is 5.48. The van der Waals surface area contributed by atoms with E-state index in [0.29, 0.717) is 23.1 Å². The maximum atomic E-state index is 12.0. The standard InChI is InChI=1S/C24H23ClN2O3S/c1-17-3-5-18(6-4-17)15-30-22-12-7-19(13-23(22)29-2)14-26-27-24(28)16-31-21-10-8-20(25)9-11-21/h3-14H,15-16H2,1-2H3,(H,27,28)/b26-14-. The third-order valence-electron chi connectivity index (χ3n) is 4.29. The van der Waals surface area contributed by atoms with Crippen molar-refractivity contribution in [1.29, 1.82) is 0 Å². The van der Waals surface area contributed by atoms with Crippen molar-refractivity contribution in [2.24, 2.45) is 5.10 Å². The van der Waals surface area contributed by atoms with Crippen LogP contribution in [0.25, 0.3) is 0 Å². The van der Waals surface area contributed by atoms with E-state index in [0.717, 1.165) is 16.0 Å². The number of amides is 1. The summed E-state index contributed by atoms with van der Waals surface area (Å²) in [5.41, 5.74) is 5.60. The highest BCUT2D eigenvalue weighted by Gasteiger charge is 2.06. The molecule has 0 bridgehead atoms. The predicted molar refractivity (Wildman–Crippen MR) is 126 cm³/mol. The molecule has 0 aliphatic carbocycles. The average molecular weight is 455 g/mol. The number of nitrogens with one attached hydrogen (secondary N) is 1. The topological polar surface area (TPSA) is 59.9 Å². The number of carbonyl (C=O) groups is 1. The van der Waals surface area contributed by atoms with Crippen LogP contribution < -0.4 is 14.9 Å². The van der Waals surface area contributed by atoms with Crippen LogP contribution in [0.5, 0.6) is 11.5 Å². The largest absolute Gasteiger partial charge is 0.493 e. The SMILES string of the molecule is COc1cc(/C=N\NC(=O)CSc2ccc(Cl)cc2)ccc1OCc1ccc(C)cc1. The lowest BCUT2D eigenvalue weighted by Gasteiger charge is -2.11. The van der Waals surface area contributed by atoms with Gasteiger partial charge in [-0.1, -0.05) is 41.4 Å². The summed E-state index contributed by atoms with van der Waals surface area (Å²) in [6.45, 7) is 2.50. The normalized spacial score (nSPS) is 10.8. The number of hydrazone groups is 1. The van der Waals surface area contributed by atoms with Crippen molar-refractivity contribution in [3.05, 3.63) is 88.4 Å². The molecule has 7 heteroatoms. The molecular weight excluding hydrogens is 432 g/mol. The molecule has 0 saturated heterocycles. The zero-order valence-electron chi connectivity index (χ0n) is 17.3. The molecule has 160 valence electrons. The van der Waals surface area contributed by atoms with Crippen LogP contribution in [0.1, 0.15) is 16.7 Å². The molecule has 0 saturated carbocycles. The third-order valence-corrected chi connectivity index (χ3v) is 5.55. The smallest absolute Gasteiger partial charge is 0.250 e. The van der Waals surface area contributed by atoms with Gasteiger partial charge in [0, 0.05) is 9.92 Å². The second kappa shape index (κ2) is 11.4. The Kier molecular flexibility index (Phi) is 8.38. The van der Waals surface area contributed by atoms with Crippen molar-refractivity contribution in [3.63, 3.8) is 0 Å². The lowest BCUT2D eigenvalue weighted by molar-refractivity contribution is -0.118. The van der Waals surface area contributed by atoms with Gasteiger partial charge in [-0.3, -0.25) is 4.79 Å². The van der Waals surface area contributed by atoms with Crippen molar-refractivity contribution in [3.8, 4) is 11.5 Å². The fourth-order valence-corrected chi connectivity index (χ4v) is 3.44. The average Bonchev–Trinajstić information content (AvgIpc) is 2.78. The van der Waals surface area contributed by atoms with E-state index in [-0.39, 0.29) is 11.7 Å². The van der Waals surface area contributed by atoms with E-state index in [2.05, 4.69) is 29.6 Å². The number of methoxy groups -OCH3 is 1. The number of aryl methyl sites for hydroxylation is 1. The Morgan fingerprint density at radius 2 is 1.81 bits per heavy atom. The first-order chi connectivity index (χ1) is 15.0. The van der Waals surface area contributed by atoms with Gasteiger partial charge in [-0.25, -0.2) is 5.43 Å². The van der Waals surface area contributed by atoms with E-state index < -0.39 is 0 Å². The van der Waals surface area contributed by atoms with E-state index in [1.54, 1.807) is 25.5 Å². The highest BCUT2D eigenvalue weighted by molar-refractivity contribution is 8.00. The molecular formula is C24H23ClN2O3S. The first kappa shape index (κ1) is 22.7. The maximum absolute atomic E-state index is 12.0. The number of nitrogens with zero attached hydrogens (tertiary/aromatic N) is 1. The van der Waals surface area contributed by atoms with Crippen molar-refractivity contribution in [2.45, 2.75) is 18.4 Å². The maximum Gasteiger partial charge on any atom is 0.250 e. The second-order valence-electron chi connectivity index (χ2n) is 6.72. The monoisotopic (exact) mass is 454 g/mol. The first-order valence-corrected chi connectivity index (χ1v) is 11.0. The summed E-state index contributed by atoms with van der Waals surface area (Å²) >= 11 is 7.27. The van der Waals surface area contributed by atoms with Gasteiger partial charge in [0.25, 0.3) is 0 Å². The second-order valence-corrected chi connectivity index (χ2v) is 8.21. The minimum Gasteiger partial charge on any atom is -0.493 e. The molecule has 0 radical (unpaired) electrons. The van der Waals surface area contributed by atoms with Gasteiger partial charge in [0.2, 0.25) is 5.91 Å². The van der Waals surface area contributed by atoms with E-state index >= 15 is 0 Å². The number of thioether (sulfide) groups is 1. The number of halogens is 1. The van der Waals surface area contributed by atoms with Gasteiger partial charge in [-0.15, -0.1) is 11.8 Å². The van der Waals surface area contributed by atoms with Gasteiger partial charge < -0.3 is 9.47 Å². The number of carbonyl (C=O) groups excluding carboxylic acids is 1. The zero-order chi connectivity index (χ0) is 22.1. The lowest BCUT2D eigenvalue weighted by atomic mass is 10.2. The summed E-state index contributed by atoms with van der Waals surface area (Å²) in [6.07, 6.45) is 1.57. The molecule has 3 aromatic carbocycles. The fraction of sp³-hybridized carbons (Fsp3) is 0.167. The molecule has 0 aliphatic heterocycles. The Morgan fingerprint density at radius 3 is 2.52 bits per heavy atom. The Hall–Kier alpha value is -2.96. The Balaban J connectivity index is 1.51. The highest BCUT2D eigenvalue weighted by Crippen LogP contribution is 2.28. The molecule has 0 heterocycles. The summed E-state index contributed by atoms with van der Waals surface area (Å²) in [4.78, 5) is 12.9. The van der Waals surface area contributed by atoms with Crippen LogP contribution in [-0.2, 0) is 11.4 Å². The highest BCUT2D eigenvalue weighted by atomic mass is 35.5. The van der Waals surface area contributed by atoms with Crippen molar-refractivity contribution < 1.29 is 14.3 Å². The number of hydrogen-bond acceptors (Lipinski definition) is 5. The van der Waals surface area contributed by atoms with E-state index in [1.165, 1.54) is 17.3 Å². The molecule has 0 fully saturated rings. The quantitative estimate of drug-likeness (QED) is 0.264. The van der Waals surface area contributed by atoms with Gasteiger partial charge in [0.05, 0.1) is 19.1 Å². The number of benzene rings is 3. The molecule has 3 aromatic rings. The Bertz CT molecular complexity index is 1040. The van der Waals surface area contributed by atoms with E-state index in [9.17, 15) is 4.79 Å². The number of ether oxygens (including phenoxy) is 2. The van der Waals surface area contributed by atoms with Crippen LogP contribution in [0.15, 0.2) is 76.7 Å². The van der Waals surface area contributed by atoms with Gasteiger partial charge in [0.15, 0.2) is 11.5 Å². The molecule has 31 heavy (non-hydrogen) atoms. The van der Waals surface area contributed by atoms with Crippen molar-refractivity contribution >= 4 is 35.5 Å². The Morgan fingerprint density at radius 1 is 1.06 bits per heavy atom. The van der Waals surface area contributed by atoms with Crippen LogP contribution in [0.2, 0.25) is 5.02 Å². The van der Waals surface area contributed by atoms with Crippen LogP contribution in [0.3, 0.4) is 0 Å². The lowest BCUT2D eigenvalue weighted by Crippen LogP contribution is -2.19. The summed E-state index contributed by atoms with van der Waals surface area (Å²) in [6, 6.07) is 21.0. The van der Waals surface area contributed by atoms with Crippen molar-refractivity contribution in [1.82, 2.24) is 5.43 Å². The zero-order valence-corrected chi connectivity index (χ0v) is 18.9. The van der Waals surface area contributed by atoms with Gasteiger partial charge >= 0.3 is 0 Å². The summed E-state index contributed by atoms with van der Waals surface area (Å²) in [5.74, 6) is 1.30. The molecule has 0 spiro atoms. The minimum atomic E-state index is -0.193. The van der Waals surface area contributed by atoms with Gasteiger partial charge in [0.1, 0.15) is 6.61 Å². The molecule has 0 aromatic heterocycles. The molecule has 3 rings (SSSR count). The molecule has 1 amide bonds. The molecule has 5 nitrogen and oxygen atoms in total. The first-order valence-electron chi connectivity index (χ1n) is 9.60. The molecule has 0 unspecified atom stereocenters. The van der Waals surface area contributed by atoms with Crippen LogP contribution in [-0.4, -0.2) is 25.0 Å². The summed E-state index contributed by atoms with van der Waals surface area (Å²) in [5, 5.41) is 4.69. The van der Waals surface area contributed by atoms with E-state index in [1.807, 2.05) is 42.5 Å². The van der Waals surface area contributed by atoms with Gasteiger partial charge in [-0.05, 0) is 60.5 Å². The molecule has 1 N–H and O–H groups in total. The fourth-order valence-electron chi connectivity index (χ4n) is 2.62. The van der Waals surface area contributed by atoms with Gasteiger partial charge in [-0.2, -0.15) is 5.10 Å². The van der Waals surface area contributed by atoms with E-state index in [4.69, 9.17) is 21.1 Å². The van der Waals surface area contributed by atoms with Crippen LogP contribution in [0, 0.1) is 6.92 Å². The number of hydrogen-bond donors (Lipinski definition) is 1. The minimum absolute atomic E-state index is 0.193. The molecule has 0 aliphatic rings. The summed E-state index contributed by atoms with van der Waals surface area (Å²) in [7, 11) is 1.59.